The largest absolute Gasteiger partial charge is 0.454 e. The molecule has 5 nitrogen and oxygen atoms in total. The lowest BCUT2D eigenvalue weighted by Crippen LogP contribution is -2.22. The summed E-state index contributed by atoms with van der Waals surface area (Å²) in [6, 6.07) is 6.54. The number of fused-ring (bicyclic) bond motifs is 2. The molecule has 21 heavy (non-hydrogen) atoms. The van der Waals surface area contributed by atoms with Gasteiger partial charge in [-0.15, -0.1) is 0 Å². The van der Waals surface area contributed by atoms with Crippen LogP contribution in [0.2, 0.25) is 0 Å². The van der Waals surface area contributed by atoms with Gasteiger partial charge in [-0.2, -0.15) is 0 Å². The Balaban J connectivity index is 1.67. The van der Waals surface area contributed by atoms with E-state index >= 15 is 0 Å². The van der Waals surface area contributed by atoms with Crippen LogP contribution in [0.4, 0.5) is 5.82 Å². The van der Waals surface area contributed by atoms with E-state index in [-0.39, 0.29) is 0 Å². The van der Waals surface area contributed by atoms with Crippen molar-refractivity contribution in [1.29, 1.82) is 0 Å². The van der Waals surface area contributed by atoms with Crippen LogP contribution in [-0.4, -0.2) is 30.9 Å². The topological polar surface area (TPSA) is 55.4 Å². The molecule has 0 aliphatic carbocycles. The van der Waals surface area contributed by atoms with Crippen molar-refractivity contribution in [3.05, 3.63) is 24.4 Å². The van der Waals surface area contributed by atoms with E-state index in [1.54, 1.807) is 0 Å². The Morgan fingerprint density at radius 2 is 2.05 bits per heavy atom. The van der Waals surface area contributed by atoms with E-state index in [1.165, 1.54) is 12.8 Å². The van der Waals surface area contributed by atoms with Gasteiger partial charge in [0.15, 0.2) is 11.5 Å². The molecule has 5 heteroatoms. The molecule has 0 radical (unpaired) electrons. The molecule has 0 spiro atoms. The van der Waals surface area contributed by atoms with E-state index < -0.39 is 0 Å². The first kappa shape index (κ1) is 12.7. The first-order valence-electron chi connectivity index (χ1n) is 7.56. The Labute approximate surface area is 123 Å². The van der Waals surface area contributed by atoms with Gasteiger partial charge < -0.3 is 20.1 Å². The van der Waals surface area contributed by atoms with Crippen LogP contribution >= 0.6 is 0 Å². The molecule has 4 rings (SSSR count). The Bertz CT molecular complexity index is 651. The second kappa shape index (κ2) is 5.41. The highest BCUT2D eigenvalue weighted by molar-refractivity contribution is 5.94. The minimum absolute atomic E-state index is 0.302. The van der Waals surface area contributed by atoms with E-state index in [0.29, 0.717) is 12.8 Å². The van der Waals surface area contributed by atoms with E-state index in [9.17, 15) is 0 Å². The molecule has 1 aromatic heterocycles. The second-order valence-electron chi connectivity index (χ2n) is 5.61. The molecule has 2 aromatic rings. The molecule has 0 amide bonds. The van der Waals surface area contributed by atoms with Gasteiger partial charge in [0.1, 0.15) is 5.82 Å². The summed E-state index contributed by atoms with van der Waals surface area (Å²) < 4.78 is 10.9. The fourth-order valence-corrected chi connectivity index (χ4v) is 3.03. The third-order valence-electron chi connectivity index (χ3n) is 4.17. The number of nitrogens with one attached hydrogen (secondary N) is 2. The fraction of sp³-hybridized carbons (Fsp3) is 0.438. The molecule has 110 valence electrons. The Kier molecular flexibility index (Phi) is 3.27. The summed E-state index contributed by atoms with van der Waals surface area (Å²) in [4.78, 5) is 4.53. The average Bonchev–Trinajstić information content (AvgIpc) is 2.80. The molecule has 0 bridgehead atoms. The van der Waals surface area contributed by atoms with Gasteiger partial charge in [0.25, 0.3) is 0 Å². The smallest absolute Gasteiger partial charge is 0.231 e. The maximum atomic E-state index is 5.48. The second-order valence-corrected chi connectivity index (χ2v) is 5.61. The molecule has 2 aliphatic rings. The normalized spacial score (nSPS) is 21.2. The average molecular weight is 285 g/mol. The van der Waals surface area contributed by atoms with E-state index in [1.807, 2.05) is 24.4 Å². The summed E-state index contributed by atoms with van der Waals surface area (Å²) in [6.45, 7) is 2.48. The van der Waals surface area contributed by atoms with Crippen LogP contribution < -0.4 is 20.1 Å². The van der Waals surface area contributed by atoms with Crippen LogP contribution in [0.15, 0.2) is 24.4 Å². The molecule has 2 aliphatic heterocycles. The zero-order chi connectivity index (χ0) is 14.1. The van der Waals surface area contributed by atoms with Crippen molar-refractivity contribution in [2.24, 2.45) is 0 Å². The maximum Gasteiger partial charge on any atom is 0.231 e. The summed E-state index contributed by atoms with van der Waals surface area (Å²) in [5.41, 5.74) is 0. The van der Waals surface area contributed by atoms with Crippen molar-refractivity contribution >= 4 is 16.6 Å². The first-order chi connectivity index (χ1) is 10.4. The third-order valence-corrected chi connectivity index (χ3v) is 4.17. The molecule has 1 atom stereocenters. The lowest BCUT2D eigenvalue weighted by Gasteiger charge is -2.18. The van der Waals surface area contributed by atoms with Gasteiger partial charge in [-0.1, -0.05) is 0 Å². The standard InChI is InChI=1S/C16H19N3O2/c1-2-12(4-6-17-5-1)19-16-13-9-15-14(20-10-21-15)8-11(13)3-7-18-16/h3,7-9,12,17H,1-2,4-6,10H2,(H,18,19). The molecule has 1 fully saturated rings. The van der Waals surface area contributed by atoms with Crippen molar-refractivity contribution in [2.45, 2.75) is 25.3 Å². The highest BCUT2D eigenvalue weighted by atomic mass is 16.7. The molecule has 0 saturated carbocycles. The van der Waals surface area contributed by atoms with Crippen molar-refractivity contribution in [2.75, 3.05) is 25.2 Å². The van der Waals surface area contributed by atoms with Crippen LogP contribution in [0.25, 0.3) is 10.8 Å². The summed E-state index contributed by atoms with van der Waals surface area (Å²) in [7, 11) is 0. The van der Waals surface area contributed by atoms with Crippen LogP contribution in [0.3, 0.4) is 0 Å². The molecule has 3 heterocycles. The van der Waals surface area contributed by atoms with Gasteiger partial charge in [-0.3, -0.25) is 0 Å². The van der Waals surface area contributed by atoms with E-state index in [0.717, 1.165) is 47.6 Å². The van der Waals surface area contributed by atoms with E-state index in [2.05, 4.69) is 15.6 Å². The van der Waals surface area contributed by atoms with Gasteiger partial charge in [0, 0.05) is 17.6 Å². The number of ether oxygens (including phenoxy) is 2. The van der Waals surface area contributed by atoms with Crippen LogP contribution in [0, 0.1) is 0 Å². The number of hydrogen-bond acceptors (Lipinski definition) is 5. The Morgan fingerprint density at radius 1 is 1.14 bits per heavy atom. The fourth-order valence-electron chi connectivity index (χ4n) is 3.03. The van der Waals surface area contributed by atoms with Crippen molar-refractivity contribution in [1.82, 2.24) is 10.3 Å². The minimum Gasteiger partial charge on any atom is -0.454 e. The van der Waals surface area contributed by atoms with Gasteiger partial charge in [0.2, 0.25) is 6.79 Å². The highest BCUT2D eigenvalue weighted by Gasteiger charge is 2.18. The molecule has 1 unspecified atom stereocenters. The van der Waals surface area contributed by atoms with Crippen molar-refractivity contribution in [3.8, 4) is 11.5 Å². The van der Waals surface area contributed by atoms with Gasteiger partial charge in [0.05, 0.1) is 0 Å². The predicted molar refractivity (Wildman–Crippen MR) is 82.0 cm³/mol. The van der Waals surface area contributed by atoms with Crippen LogP contribution in [0.1, 0.15) is 19.3 Å². The lowest BCUT2D eigenvalue weighted by molar-refractivity contribution is 0.174. The van der Waals surface area contributed by atoms with Gasteiger partial charge >= 0.3 is 0 Å². The quantitative estimate of drug-likeness (QED) is 0.888. The predicted octanol–water partition coefficient (Wildman–Crippen LogP) is 2.52. The Morgan fingerprint density at radius 3 is 3.00 bits per heavy atom. The molecule has 1 aromatic carbocycles. The number of benzene rings is 1. The number of anilines is 1. The maximum absolute atomic E-state index is 5.48. The number of nitrogens with zero attached hydrogens (tertiary/aromatic N) is 1. The zero-order valence-electron chi connectivity index (χ0n) is 11.9. The van der Waals surface area contributed by atoms with Crippen molar-refractivity contribution < 1.29 is 9.47 Å². The van der Waals surface area contributed by atoms with Crippen LogP contribution in [-0.2, 0) is 0 Å². The highest BCUT2D eigenvalue weighted by Crippen LogP contribution is 2.38. The monoisotopic (exact) mass is 285 g/mol. The SMILES string of the molecule is c1cc2cc3c(cc2c(NC2CCCNCC2)n1)OCO3. The summed E-state index contributed by atoms with van der Waals surface area (Å²) in [5, 5.41) is 9.27. The summed E-state index contributed by atoms with van der Waals surface area (Å²) >= 11 is 0. The minimum atomic E-state index is 0.302. The number of rotatable bonds is 2. The zero-order valence-corrected chi connectivity index (χ0v) is 11.9. The molecular formula is C16H19N3O2. The van der Waals surface area contributed by atoms with Crippen molar-refractivity contribution in [3.63, 3.8) is 0 Å². The summed E-state index contributed by atoms with van der Waals surface area (Å²) in [6.07, 6.45) is 5.36. The first-order valence-corrected chi connectivity index (χ1v) is 7.56. The summed E-state index contributed by atoms with van der Waals surface area (Å²) in [5.74, 6) is 2.57. The molecule has 1 saturated heterocycles. The van der Waals surface area contributed by atoms with Crippen LogP contribution in [0.5, 0.6) is 11.5 Å². The molecule has 2 N–H and O–H groups in total. The van der Waals surface area contributed by atoms with Gasteiger partial charge in [-0.05, 0) is 55.9 Å². The Hall–Kier alpha value is -2.01. The lowest BCUT2D eigenvalue weighted by atomic mass is 10.1. The number of pyridine rings is 1. The molecular weight excluding hydrogens is 266 g/mol. The third kappa shape index (κ3) is 2.49. The van der Waals surface area contributed by atoms with E-state index in [4.69, 9.17) is 9.47 Å². The number of hydrogen-bond donors (Lipinski definition) is 2. The van der Waals surface area contributed by atoms with Gasteiger partial charge in [-0.25, -0.2) is 4.98 Å². The number of aromatic nitrogens is 1.